The molecule has 0 atom stereocenters. The molecule has 0 saturated carbocycles. The molecule has 0 spiro atoms. The minimum atomic E-state index is -0.764. The van der Waals surface area contributed by atoms with Crippen LogP contribution in [0.5, 0.6) is 0 Å². The van der Waals surface area contributed by atoms with Crippen LogP contribution in [0.1, 0.15) is 19.4 Å². The Bertz CT molecular complexity index is 361. The predicted octanol–water partition coefficient (Wildman–Crippen LogP) is 2.01. The molecule has 16 heavy (non-hydrogen) atoms. The first-order valence-corrected chi connectivity index (χ1v) is 5.64. The third kappa shape index (κ3) is 3.37. The Labute approximate surface area is 102 Å². The molecule has 0 unspecified atom stereocenters. The van der Waals surface area contributed by atoms with Crippen molar-refractivity contribution in [2.75, 3.05) is 18.5 Å². The van der Waals surface area contributed by atoms with Crippen molar-refractivity contribution in [1.82, 2.24) is 0 Å². The topological polar surface area (TPSA) is 49.5 Å². The van der Waals surface area contributed by atoms with E-state index < -0.39 is 5.60 Å². The van der Waals surface area contributed by atoms with Gasteiger partial charge in [0.05, 0.1) is 16.3 Å². The molecule has 0 aliphatic rings. The third-order valence-electron chi connectivity index (χ3n) is 2.30. The Balaban J connectivity index is 3.02. The molecule has 0 bridgehead atoms. The lowest BCUT2D eigenvalue weighted by atomic mass is 10.1. The van der Waals surface area contributed by atoms with Crippen LogP contribution in [-0.4, -0.2) is 24.3 Å². The number of benzene rings is 1. The molecule has 3 N–H and O–H groups in total. The summed E-state index contributed by atoms with van der Waals surface area (Å²) in [5.74, 6) is 0. The van der Waals surface area contributed by atoms with Gasteiger partial charge in [-0.2, -0.15) is 0 Å². The Hall–Kier alpha value is -0.770. The van der Waals surface area contributed by atoms with Gasteiger partial charge in [-0.1, -0.05) is 23.7 Å². The number of hydrogen-bond acceptors (Lipinski definition) is 3. The Morgan fingerprint density at radius 3 is 2.56 bits per heavy atom. The summed E-state index contributed by atoms with van der Waals surface area (Å²) in [6, 6.07) is 5.66. The zero-order chi connectivity index (χ0) is 12.3. The highest BCUT2D eigenvalue weighted by Crippen LogP contribution is 2.29. The van der Waals surface area contributed by atoms with Crippen LogP contribution in [0.4, 0.5) is 5.69 Å². The number of halogens is 1. The molecular formula is C12H19ClN2O. The molecule has 3 nitrogen and oxygen atoms in total. The van der Waals surface area contributed by atoms with Crippen molar-refractivity contribution in [2.45, 2.75) is 26.0 Å². The van der Waals surface area contributed by atoms with Crippen LogP contribution < -0.4 is 10.6 Å². The molecule has 0 aliphatic heterocycles. The van der Waals surface area contributed by atoms with Gasteiger partial charge < -0.3 is 15.7 Å². The van der Waals surface area contributed by atoms with Gasteiger partial charge in [-0.05, 0) is 25.5 Å². The Morgan fingerprint density at radius 1 is 1.44 bits per heavy atom. The molecule has 1 aromatic rings. The van der Waals surface area contributed by atoms with Crippen LogP contribution >= 0.6 is 11.6 Å². The molecule has 0 amide bonds. The maximum Gasteiger partial charge on any atom is 0.0765 e. The summed E-state index contributed by atoms with van der Waals surface area (Å²) in [6.07, 6.45) is 0. The highest BCUT2D eigenvalue weighted by molar-refractivity contribution is 6.33. The van der Waals surface area contributed by atoms with Gasteiger partial charge in [0, 0.05) is 20.1 Å². The minimum absolute atomic E-state index is 0.437. The fourth-order valence-corrected chi connectivity index (χ4v) is 2.15. The number of likely N-dealkylation sites (N-methyl/N-ethyl adjacent to an activating group) is 1. The molecule has 4 heteroatoms. The van der Waals surface area contributed by atoms with E-state index in [1.54, 1.807) is 13.8 Å². The van der Waals surface area contributed by atoms with E-state index in [0.717, 1.165) is 11.3 Å². The van der Waals surface area contributed by atoms with E-state index in [4.69, 9.17) is 17.3 Å². The molecule has 90 valence electrons. The molecule has 0 saturated heterocycles. The number of nitrogens with zero attached hydrogens (tertiary/aromatic N) is 1. The van der Waals surface area contributed by atoms with Crippen molar-refractivity contribution < 1.29 is 5.11 Å². The van der Waals surface area contributed by atoms with Crippen molar-refractivity contribution in [3.63, 3.8) is 0 Å². The van der Waals surface area contributed by atoms with Gasteiger partial charge in [-0.15, -0.1) is 0 Å². The summed E-state index contributed by atoms with van der Waals surface area (Å²) < 4.78 is 0. The van der Waals surface area contributed by atoms with Gasteiger partial charge in [0.25, 0.3) is 0 Å². The number of anilines is 1. The van der Waals surface area contributed by atoms with Crippen molar-refractivity contribution in [2.24, 2.45) is 5.73 Å². The highest BCUT2D eigenvalue weighted by Gasteiger charge is 2.19. The number of rotatable bonds is 4. The smallest absolute Gasteiger partial charge is 0.0765 e. The zero-order valence-corrected chi connectivity index (χ0v) is 10.8. The molecule has 0 fully saturated rings. The second kappa shape index (κ2) is 5.04. The monoisotopic (exact) mass is 242 g/mol. The summed E-state index contributed by atoms with van der Waals surface area (Å²) >= 11 is 6.15. The average Bonchev–Trinajstić information content (AvgIpc) is 2.14. The lowest BCUT2D eigenvalue weighted by molar-refractivity contribution is 0.0886. The normalized spacial score (nSPS) is 11.6. The van der Waals surface area contributed by atoms with Crippen LogP contribution in [0.2, 0.25) is 5.02 Å². The van der Waals surface area contributed by atoms with E-state index in [9.17, 15) is 5.11 Å². The summed E-state index contributed by atoms with van der Waals surface area (Å²) in [5.41, 5.74) is 6.79. The number of para-hydroxylation sites is 1. The summed E-state index contributed by atoms with van der Waals surface area (Å²) in [7, 11) is 1.90. The first-order chi connectivity index (χ1) is 7.35. The molecule has 1 aromatic carbocycles. The van der Waals surface area contributed by atoms with E-state index in [-0.39, 0.29) is 0 Å². The maximum absolute atomic E-state index is 9.79. The average molecular weight is 243 g/mol. The second-order valence-corrected chi connectivity index (χ2v) is 5.03. The second-order valence-electron chi connectivity index (χ2n) is 4.62. The van der Waals surface area contributed by atoms with Crippen molar-refractivity contribution in [1.29, 1.82) is 0 Å². The third-order valence-corrected chi connectivity index (χ3v) is 2.60. The molecule has 0 heterocycles. The zero-order valence-electron chi connectivity index (χ0n) is 10.00. The maximum atomic E-state index is 9.79. The largest absolute Gasteiger partial charge is 0.389 e. The van der Waals surface area contributed by atoms with Gasteiger partial charge in [-0.25, -0.2) is 0 Å². The quantitative estimate of drug-likeness (QED) is 0.849. The Morgan fingerprint density at radius 2 is 2.06 bits per heavy atom. The number of nitrogens with two attached hydrogens (primary N) is 1. The Kier molecular flexibility index (Phi) is 4.19. The van der Waals surface area contributed by atoms with Gasteiger partial charge in [0.2, 0.25) is 0 Å². The lowest BCUT2D eigenvalue weighted by Crippen LogP contribution is -2.36. The van der Waals surface area contributed by atoms with Crippen LogP contribution in [0.3, 0.4) is 0 Å². The van der Waals surface area contributed by atoms with Crippen molar-refractivity contribution in [3.05, 3.63) is 28.8 Å². The molecular weight excluding hydrogens is 224 g/mol. The van der Waals surface area contributed by atoms with Gasteiger partial charge in [0.1, 0.15) is 0 Å². The fraction of sp³-hybridized carbons (Fsp3) is 0.500. The lowest BCUT2D eigenvalue weighted by Gasteiger charge is -2.29. The predicted molar refractivity (Wildman–Crippen MR) is 68.9 cm³/mol. The van der Waals surface area contributed by atoms with Crippen LogP contribution in [0, 0.1) is 0 Å². The van der Waals surface area contributed by atoms with E-state index >= 15 is 0 Å². The fourth-order valence-electron chi connectivity index (χ4n) is 1.81. The SMILES string of the molecule is CN(CC(C)(C)O)c1c(Cl)cccc1CN. The number of aliphatic hydroxyl groups is 1. The van der Waals surface area contributed by atoms with Crippen LogP contribution in [0.15, 0.2) is 18.2 Å². The molecule has 1 rings (SSSR count). The molecule has 0 aromatic heterocycles. The minimum Gasteiger partial charge on any atom is -0.389 e. The van der Waals surface area contributed by atoms with E-state index in [0.29, 0.717) is 18.1 Å². The van der Waals surface area contributed by atoms with Crippen molar-refractivity contribution >= 4 is 17.3 Å². The summed E-state index contributed by atoms with van der Waals surface area (Å²) in [4.78, 5) is 1.94. The van der Waals surface area contributed by atoms with Crippen LogP contribution in [0.25, 0.3) is 0 Å². The van der Waals surface area contributed by atoms with Gasteiger partial charge in [-0.3, -0.25) is 0 Å². The first kappa shape index (κ1) is 13.3. The standard InChI is InChI=1S/C12H19ClN2O/c1-12(2,16)8-15(3)11-9(7-14)5-4-6-10(11)13/h4-6,16H,7-8,14H2,1-3H3. The van der Waals surface area contributed by atoms with E-state index in [2.05, 4.69) is 0 Å². The summed E-state index contributed by atoms with van der Waals surface area (Å²) in [5, 5.41) is 10.4. The van der Waals surface area contributed by atoms with E-state index in [1.165, 1.54) is 0 Å². The van der Waals surface area contributed by atoms with Gasteiger partial charge in [0.15, 0.2) is 0 Å². The first-order valence-electron chi connectivity index (χ1n) is 5.26. The van der Waals surface area contributed by atoms with Gasteiger partial charge >= 0.3 is 0 Å². The number of hydrogen-bond donors (Lipinski definition) is 2. The van der Waals surface area contributed by atoms with Crippen molar-refractivity contribution in [3.8, 4) is 0 Å². The van der Waals surface area contributed by atoms with Crippen LogP contribution in [-0.2, 0) is 6.54 Å². The highest BCUT2D eigenvalue weighted by atomic mass is 35.5. The van der Waals surface area contributed by atoms with E-state index in [1.807, 2.05) is 30.1 Å². The molecule has 0 aliphatic carbocycles. The molecule has 0 radical (unpaired) electrons. The summed E-state index contributed by atoms with van der Waals surface area (Å²) in [6.45, 7) is 4.47.